The van der Waals surface area contributed by atoms with Gasteiger partial charge in [-0.05, 0) is 43.2 Å². The highest BCUT2D eigenvalue weighted by Gasteiger charge is 2.46. The Kier molecular flexibility index (Phi) is 6.27. The van der Waals surface area contributed by atoms with Gasteiger partial charge in [-0.25, -0.2) is 0 Å². The zero-order chi connectivity index (χ0) is 22.0. The molecule has 3 rings (SSSR count). The number of hydrogen-bond acceptors (Lipinski definition) is 4. The van der Waals surface area contributed by atoms with Crippen LogP contribution in [0.3, 0.4) is 0 Å². The monoisotopic (exact) mass is 409 g/mol. The number of benzene rings is 2. The molecule has 6 nitrogen and oxygen atoms in total. The number of nitrogens with one attached hydrogen (secondary N) is 1. The van der Waals surface area contributed by atoms with E-state index in [1.807, 2.05) is 58.3 Å². The second kappa shape index (κ2) is 8.71. The summed E-state index contributed by atoms with van der Waals surface area (Å²) in [6, 6.07) is 12.3. The molecule has 0 radical (unpaired) electrons. The molecule has 0 aromatic heterocycles. The van der Waals surface area contributed by atoms with Gasteiger partial charge in [0.25, 0.3) is 11.7 Å². The van der Waals surface area contributed by atoms with E-state index in [9.17, 15) is 14.7 Å². The summed E-state index contributed by atoms with van der Waals surface area (Å²) in [4.78, 5) is 28.7. The summed E-state index contributed by atoms with van der Waals surface area (Å²) < 4.78 is 5.24. The van der Waals surface area contributed by atoms with E-state index in [-0.39, 0.29) is 11.3 Å². The summed E-state index contributed by atoms with van der Waals surface area (Å²) in [5.41, 5.74) is 3.28. The van der Waals surface area contributed by atoms with Crippen molar-refractivity contribution in [1.29, 1.82) is 0 Å². The molecule has 2 aromatic rings. The van der Waals surface area contributed by atoms with Gasteiger partial charge >= 0.3 is 0 Å². The predicted molar refractivity (Wildman–Crippen MR) is 116 cm³/mol. The molecule has 6 heteroatoms. The van der Waals surface area contributed by atoms with Crippen LogP contribution in [0.1, 0.15) is 28.3 Å². The van der Waals surface area contributed by atoms with E-state index in [0.29, 0.717) is 24.4 Å². The molecule has 30 heavy (non-hydrogen) atoms. The number of quaternary nitrogens is 1. The van der Waals surface area contributed by atoms with Gasteiger partial charge in [0.05, 0.1) is 45.9 Å². The molecule has 1 fully saturated rings. The molecule has 1 heterocycles. The van der Waals surface area contributed by atoms with E-state index >= 15 is 0 Å². The highest BCUT2D eigenvalue weighted by molar-refractivity contribution is 6.46. The van der Waals surface area contributed by atoms with Gasteiger partial charge in [0.2, 0.25) is 0 Å². The summed E-state index contributed by atoms with van der Waals surface area (Å²) in [7, 11) is 5.58. The normalized spacial score (nSPS) is 18.3. The Morgan fingerprint density at radius 2 is 1.77 bits per heavy atom. The van der Waals surface area contributed by atoms with E-state index in [0.717, 1.165) is 16.7 Å². The van der Waals surface area contributed by atoms with Gasteiger partial charge in [-0.15, -0.1) is 0 Å². The number of hydrogen-bond donors (Lipinski definition) is 2. The average Bonchev–Trinajstić information content (AvgIpc) is 2.98. The first-order valence-corrected chi connectivity index (χ1v) is 10.0. The minimum Gasteiger partial charge on any atom is -0.507 e. The van der Waals surface area contributed by atoms with Crippen LogP contribution in [0, 0.1) is 13.8 Å². The van der Waals surface area contributed by atoms with E-state index in [1.54, 1.807) is 24.1 Å². The molecular formula is C24H29N2O4+. The van der Waals surface area contributed by atoms with Crippen molar-refractivity contribution in [2.24, 2.45) is 0 Å². The maximum Gasteiger partial charge on any atom is 0.295 e. The molecule has 0 saturated carbocycles. The number of methoxy groups -OCH3 is 1. The number of amides is 1. The zero-order valence-electron chi connectivity index (χ0n) is 18.2. The fraction of sp³-hybridized carbons (Fsp3) is 0.333. The quantitative estimate of drug-likeness (QED) is 0.434. The van der Waals surface area contributed by atoms with Crippen LogP contribution in [0.2, 0.25) is 0 Å². The molecule has 1 aliphatic rings. The van der Waals surface area contributed by atoms with E-state index in [4.69, 9.17) is 4.74 Å². The van der Waals surface area contributed by atoms with E-state index in [2.05, 4.69) is 0 Å². The van der Waals surface area contributed by atoms with Gasteiger partial charge < -0.3 is 19.6 Å². The van der Waals surface area contributed by atoms with Crippen molar-refractivity contribution in [3.63, 3.8) is 0 Å². The van der Waals surface area contributed by atoms with Crippen LogP contribution in [0.5, 0.6) is 5.75 Å². The van der Waals surface area contributed by atoms with Gasteiger partial charge in [0.1, 0.15) is 11.5 Å². The second-order valence-corrected chi connectivity index (χ2v) is 8.04. The Morgan fingerprint density at radius 1 is 1.10 bits per heavy atom. The Morgan fingerprint density at radius 3 is 2.37 bits per heavy atom. The predicted octanol–water partition coefficient (Wildman–Crippen LogP) is 1.88. The number of likely N-dealkylation sites (tertiary alicyclic amines) is 1. The summed E-state index contributed by atoms with van der Waals surface area (Å²) in [6.07, 6.45) is 0. The number of likely N-dealkylation sites (N-methyl/N-ethyl adjacent to an activating group) is 1. The van der Waals surface area contributed by atoms with Crippen molar-refractivity contribution in [2.45, 2.75) is 19.9 Å². The van der Waals surface area contributed by atoms with Crippen molar-refractivity contribution in [3.8, 4) is 5.75 Å². The van der Waals surface area contributed by atoms with Crippen molar-refractivity contribution < 1.29 is 24.3 Å². The zero-order valence-corrected chi connectivity index (χ0v) is 18.2. The number of ether oxygens (including phenoxy) is 1. The fourth-order valence-electron chi connectivity index (χ4n) is 3.72. The number of nitrogens with zero attached hydrogens (tertiary/aromatic N) is 1. The van der Waals surface area contributed by atoms with Crippen LogP contribution in [0.4, 0.5) is 0 Å². The number of rotatable bonds is 6. The molecule has 0 unspecified atom stereocenters. The Bertz CT molecular complexity index is 993. The largest absolute Gasteiger partial charge is 0.507 e. The lowest BCUT2D eigenvalue weighted by Crippen LogP contribution is -3.06. The number of carbonyl (C=O) groups excluding carboxylic acids is 2. The van der Waals surface area contributed by atoms with Gasteiger partial charge in [0, 0.05) is 5.56 Å². The molecular weight excluding hydrogens is 380 g/mol. The lowest BCUT2D eigenvalue weighted by Gasteiger charge is -2.26. The van der Waals surface area contributed by atoms with E-state index < -0.39 is 17.7 Å². The standard InChI is InChI=1S/C24H28N2O4/c1-15-6-7-16(2)19(14-15)22(27)20-21(17-8-10-18(30-5)11-9-17)26(13-12-25(3)4)24(29)23(20)28/h6-11,14,21,27H,12-13H2,1-5H3/p+1/t21-/m1/s1. The molecule has 2 N–H and O–H groups in total. The first-order valence-electron chi connectivity index (χ1n) is 10.0. The van der Waals surface area contributed by atoms with Crippen LogP contribution >= 0.6 is 0 Å². The number of ketones is 1. The third-order valence-corrected chi connectivity index (χ3v) is 5.47. The Balaban J connectivity index is 2.18. The summed E-state index contributed by atoms with van der Waals surface area (Å²) in [5.74, 6) is -0.676. The highest BCUT2D eigenvalue weighted by atomic mass is 16.5. The van der Waals surface area contributed by atoms with Crippen LogP contribution < -0.4 is 9.64 Å². The average molecular weight is 410 g/mol. The first kappa shape index (κ1) is 21.6. The van der Waals surface area contributed by atoms with Crippen LogP contribution in [-0.4, -0.2) is 56.0 Å². The lowest BCUT2D eigenvalue weighted by molar-refractivity contribution is -0.857. The summed E-state index contributed by atoms with van der Waals surface area (Å²) in [6.45, 7) is 4.90. The SMILES string of the molecule is COc1ccc([C@@H]2C(=C(O)c3cc(C)ccc3C)C(=O)C(=O)N2CC[NH+](C)C)cc1. The molecule has 1 atom stereocenters. The van der Waals surface area contributed by atoms with Crippen LogP contribution in [0.15, 0.2) is 48.0 Å². The highest BCUT2D eigenvalue weighted by Crippen LogP contribution is 2.40. The first-order chi connectivity index (χ1) is 14.2. The summed E-state index contributed by atoms with van der Waals surface area (Å²) >= 11 is 0. The van der Waals surface area contributed by atoms with Crippen molar-refractivity contribution in [3.05, 3.63) is 70.3 Å². The lowest BCUT2D eigenvalue weighted by atomic mass is 9.93. The number of aliphatic hydroxyl groups excluding tert-OH is 1. The smallest absolute Gasteiger partial charge is 0.295 e. The number of aryl methyl sites for hydroxylation is 2. The third kappa shape index (κ3) is 4.09. The number of carbonyl (C=O) groups is 2. The molecule has 158 valence electrons. The van der Waals surface area contributed by atoms with Crippen molar-refractivity contribution >= 4 is 17.4 Å². The number of aliphatic hydroxyl groups is 1. The molecule has 1 aliphatic heterocycles. The Labute approximate surface area is 177 Å². The Hall–Kier alpha value is -3.12. The maximum absolute atomic E-state index is 13.0. The minimum atomic E-state index is -0.650. The van der Waals surface area contributed by atoms with Gasteiger partial charge in [-0.2, -0.15) is 0 Å². The van der Waals surface area contributed by atoms with Crippen LogP contribution in [-0.2, 0) is 9.59 Å². The molecule has 0 aliphatic carbocycles. The molecule has 0 spiro atoms. The minimum absolute atomic E-state index is 0.130. The van der Waals surface area contributed by atoms with Gasteiger partial charge in [-0.1, -0.05) is 29.8 Å². The van der Waals surface area contributed by atoms with Crippen LogP contribution in [0.25, 0.3) is 5.76 Å². The third-order valence-electron chi connectivity index (χ3n) is 5.47. The molecule has 1 amide bonds. The molecule has 1 saturated heterocycles. The maximum atomic E-state index is 13.0. The molecule has 0 bridgehead atoms. The van der Waals surface area contributed by atoms with Gasteiger partial charge in [0.15, 0.2) is 0 Å². The van der Waals surface area contributed by atoms with Gasteiger partial charge in [-0.3, -0.25) is 9.59 Å². The topological polar surface area (TPSA) is 71.3 Å². The van der Waals surface area contributed by atoms with Crippen molar-refractivity contribution in [1.82, 2.24) is 4.90 Å². The molecule has 2 aromatic carbocycles. The van der Waals surface area contributed by atoms with E-state index in [1.165, 1.54) is 4.90 Å². The summed E-state index contributed by atoms with van der Waals surface area (Å²) in [5, 5.41) is 11.2. The fourth-order valence-corrected chi connectivity index (χ4v) is 3.72. The van der Waals surface area contributed by atoms with Crippen molar-refractivity contribution in [2.75, 3.05) is 34.3 Å². The second-order valence-electron chi connectivity index (χ2n) is 8.04. The number of Topliss-reactive ketones (excluding diaryl/α,β-unsaturated/α-hetero) is 1.